The second kappa shape index (κ2) is 10.5. The summed E-state index contributed by atoms with van der Waals surface area (Å²) in [6, 6.07) is 13.0. The Morgan fingerprint density at radius 1 is 1.02 bits per heavy atom. The second-order valence-electron chi connectivity index (χ2n) is 10.8. The number of aliphatic hydroxyl groups excluding tert-OH is 1. The quantitative estimate of drug-likeness (QED) is 0.243. The molecule has 3 N–H and O–H groups in total. The highest BCUT2D eigenvalue weighted by Crippen LogP contribution is 2.44. The van der Waals surface area contributed by atoms with Crippen LogP contribution < -0.4 is 10.6 Å². The van der Waals surface area contributed by atoms with Crippen LogP contribution in [0.5, 0.6) is 0 Å². The fourth-order valence-corrected chi connectivity index (χ4v) is 6.76. The monoisotopic (exact) mass is 585 g/mol. The van der Waals surface area contributed by atoms with E-state index in [9.17, 15) is 18.3 Å². The van der Waals surface area contributed by atoms with Crippen LogP contribution in [0.2, 0.25) is 0 Å². The Bertz CT molecular complexity index is 1540. The third kappa shape index (κ3) is 5.49. The molecule has 1 aliphatic carbocycles. The van der Waals surface area contributed by atoms with Crippen LogP contribution in [-0.2, 0) is 22.2 Å². The molecule has 216 valence electrons. The lowest BCUT2D eigenvalue weighted by molar-refractivity contribution is -0.158. The molecule has 2 aromatic carbocycles. The van der Waals surface area contributed by atoms with Crippen LogP contribution in [0.25, 0.3) is 20.8 Å². The van der Waals surface area contributed by atoms with E-state index in [-0.39, 0.29) is 48.8 Å². The maximum Gasteiger partial charge on any atom is 0.416 e. The molecule has 0 spiro atoms. The van der Waals surface area contributed by atoms with Gasteiger partial charge in [0.1, 0.15) is 16.9 Å². The fraction of sp³-hybridized carbons (Fsp3) is 0.414. The first kappa shape index (κ1) is 27.8. The minimum Gasteiger partial charge on any atom is -0.396 e. The number of ether oxygens (including phenoxy) is 2. The Morgan fingerprint density at radius 2 is 1.76 bits per heavy atom. The van der Waals surface area contributed by atoms with Gasteiger partial charge in [-0.05, 0) is 51.0 Å². The number of anilines is 2. The highest BCUT2D eigenvalue weighted by molar-refractivity contribution is 7.21. The van der Waals surface area contributed by atoms with Gasteiger partial charge in [0.25, 0.3) is 0 Å². The number of benzene rings is 2. The highest BCUT2D eigenvalue weighted by atomic mass is 32.1. The number of rotatable bonds is 7. The predicted molar refractivity (Wildman–Crippen MR) is 151 cm³/mol. The van der Waals surface area contributed by atoms with Crippen LogP contribution in [0.1, 0.15) is 37.1 Å². The van der Waals surface area contributed by atoms with E-state index in [0.717, 1.165) is 21.3 Å². The molecule has 0 unspecified atom stereocenters. The zero-order chi connectivity index (χ0) is 28.9. The van der Waals surface area contributed by atoms with Gasteiger partial charge in [0.2, 0.25) is 5.95 Å². The van der Waals surface area contributed by atoms with Crippen molar-refractivity contribution in [1.82, 2.24) is 15.0 Å². The average Bonchev–Trinajstić information content (AvgIpc) is 3.57. The highest BCUT2D eigenvalue weighted by Gasteiger charge is 2.54. The van der Waals surface area contributed by atoms with Crippen molar-refractivity contribution in [2.75, 3.05) is 17.2 Å². The first-order valence-electron chi connectivity index (χ1n) is 13.4. The van der Waals surface area contributed by atoms with Gasteiger partial charge in [-0.1, -0.05) is 30.3 Å². The van der Waals surface area contributed by atoms with Crippen LogP contribution in [-0.4, -0.2) is 50.7 Å². The van der Waals surface area contributed by atoms with Gasteiger partial charge < -0.3 is 25.2 Å². The number of nitrogens with zero attached hydrogens (tertiary/aromatic N) is 3. The summed E-state index contributed by atoms with van der Waals surface area (Å²) in [5.41, 5.74) is 1.55. The normalized spacial score (nSPS) is 23.6. The lowest BCUT2D eigenvalue weighted by atomic mass is 10.1. The van der Waals surface area contributed by atoms with Crippen molar-refractivity contribution >= 4 is 33.3 Å². The zero-order valence-corrected chi connectivity index (χ0v) is 23.5. The van der Waals surface area contributed by atoms with Gasteiger partial charge in [-0.3, -0.25) is 0 Å². The van der Waals surface area contributed by atoms with Crippen molar-refractivity contribution in [2.24, 2.45) is 5.92 Å². The molecule has 3 heterocycles. The SMILES string of the molecule is Cc1nc(NCc2ccccc2C(F)(F)F)nc(N[C@@H]2C[C@H](CO)[C@H]3OC(C)(C)O[C@H]32)c1-c1nc2ccccc2s1. The molecular formula is C29H30F3N5O3S. The third-order valence-electron chi connectivity index (χ3n) is 7.50. The Kier molecular flexibility index (Phi) is 7.13. The summed E-state index contributed by atoms with van der Waals surface area (Å²) < 4.78 is 54.0. The Morgan fingerprint density at radius 3 is 2.51 bits per heavy atom. The number of aryl methyl sites for hydroxylation is 1. The van der Waals surface area contributed by atoms with E-state index in [2.05, 4.69) is 15.6 Å². The molecule has 0 radical (unpaired) electrons. The van der Waals surface area contributed by atoms with E-state index >= 15 is 0 Å². The molecule has 8 nitrogen and oxygen atoms in total. The molecule has 1 aliphatic heterocycles. The average molecular weight is 586 g/mol. The van der Waals surface area contributed by atoms with Crippen molar-refractivity contribution in [3.05, 3.63) is 65.4 Å². The molecule has 2 aliphatic rings. The Labute approximate surface area is 239 Å². The number of hydrogen-bond donors (Lipinski definition) is 3. The van der Waals surface area contributed by atoms with Gasteiger partial charge in [-0.25, -0.2) is 9.97 Å². The number of halogens is 3. The fourth-order valence-electron chi connectivity index (χ4n) is 5.70. The van der Waals surface area contributed by atoms with E-state index in [1.165, 1.54) is 23.5 Å². The van der Waals surface area contributed by atoms with Crippen molar-refractivity contribution < 1.29 is 27.8 Å². The summed E-state index contributed by atoms with van der Waals surface area (Å²) >= 11 is 1.51. The molecule has 41 heavy (non-hydrogen) atoms. The summed E-state index contributed by atoms with van der Waals surface area (Å²) in [6.07, 6.45) is -4.49. The van der Waals surface area contributed by atoms with Gasteiger partial charge in [0.05, 0.1) is 39.2 Å². The maximum absolute atomic E-state index is 13.6. The molecule has 1 saturated carbocycles. The van der Waals surface area contributed by atoms with Crippen molar-refractivity contribution in [3.63, 3.8) is 0 Å². The van der Waals surface area contributed by atoms with E-state index < -0.39 is 17.5 Å². The number of nitrogens with one attached hydrogen (secondary N) is 2. The summed E-state index contributed by atoms with van der Waals surface area (Å²) in [6.45, 7) is 5.37. The molecule has 12 heteroatoms. The molecule has 0 bridgehead atoms. The number of aliphatic hydroxyl groups is 1. The van der Waals surface area contributed by atoms with Crippen LogP contribution >= 0.6 is 11.3 Å². The minimum atomic E-state index is -4.47. The smallest absolute Gasteiger partial charge is 0.396 e. The molecule has 6 rings (SSSR count). The molecule has 4 atom stereocenters. The van der Waals surface area contributed by atoms with E-state index in [4.69, 9.17) is 19.4 Å². The van der Waals surface area contributed by atoms with Crippen LogP contribution in [0, 0.1) is 12.8 Å². The molecule has 0 amide bonds. The minimum absolute atomic E-state index is 0.0439. The largest absolute Gasteiger partial charge is 0.416 e. The zero-order valence-electron chi connectivity index (χ0n) is 22.7. The lowest BCUT2D eigenvalue weighted by Gasteiger charge is -2.25. The van der Waals surface area contributed by atoms with Crippen LogP contribution in [0.3, 0.4) is 0 Å². The summed E-state index contributed by atoms with van der Waals surface area (Å²) in [5, 5.41) is 17.3. The van der Waals surface area contributed by atoms with E-state index in [1.54, 1.807) is 6.07 Å². The van der Waals surface area contributed by atoms with Crippen LogP contribution in [0.15, 0.2) is 48.5 Å². The molecule has 2 fully saturated rings. The first-order valence-corrected chi connectivity index (χ1v) is 14.2. The Hall–Kier alpha value is -3.32. The van der Waals surface area contributed by atoms with Gasteiger partial charge in [0.15, 0.2) is 5.79 Å². The van der Waals surface area contributed by atoms with Crippen molar-refractivity contribution in [2.45, 2.75) is 63.9 Å². The van der Waals surface area contributed by atoms with Gasteiger partial charge in [0, 0.05) is 19.1 Å². The van der Waals surface area contributed by atoms with Gasteiger partial charge >= 0.3 is 6.18 Å². The summed E-state index contributed by atoms with van der Waals surface area (Å²) in [7, 11) is 0. The van der Waals surface area contributed by atoms with Crippen LogP contribution in [0.4, 0.5) is 24.9 Å². The lowest BCUT2D eigenvalue weighted by Crippen LogP contribution is -2.35. The van der Waals surface area contributed by atoms with Gasteiger partial charge in [-0.2, -0.15) is 18.2 Å². The number of aromatic nitrogens is 3. The number of fused-ring (bicyclic) bond motifs is 2. The molecular weight excluding hydrogens is 555 g/mol. The number of para-hydroxylation sites is 1. The first-order chi connectivity index (χ1) is 19.5. The third-order valence-corrected chi connectivity index (χ3v) is 8.55. The number of thiazole rings is 1. The molecule has 1 saturated heterocycles. The van der Waals surface area contributed by atoms with E-state index in [0.29, 0.717) is 23.5 Å². The van der Waals surface area contributed by atoms with Gasteiger partial charge in [-0.15, -0.1) is 11.3 Å². The predicted octanol–water partition coefficient (Wildman–Crippen LogP) is 6.01. The summed E-state index contributed by atoms with van der Waals surface area (Å²) in [4.78, 5) is 14.2. The summed E-state index contributed by atoms with van der Waals surface area (Å²) in [5.74, 6) is -0.244. The Balaban J connectivity index is 1.37. The second-order valence-corrected chi connectivity index (χ2v) is 11.9. The van der Waals surface area contributed by atoms with Crippen molar-refractivity contribution in [3.8, 4) is 10.6 Å². The number of alkyl halides is 3. The van der Waals surface area contributed by atoms with E-state index in [1.807, 2.05) is 45.0 Å². The van der Waals surface area contributed by atoms with Crippen molar-refractivity contribution in [1.29, 1.82) is 0 Å². The topological polar surface area (TPSA) is 101 Å². The molecule has 4 aromatic rings. The standard InChI is InChI=1S/C29H30F3N5O3S/c1-15-22(26-36-19-10-6-7-11-21(19)41-26)25(35-20-12-17(14-38)23-24(20)40-28(2,3)39-23)37-27(34-15)33-13-16-8-4-5-9-18(16)29(30,31)32/h4-11,17,20,23-24,38H,12-14H2,1-3H3,(H2,33,34,35,37)/t17-,20-,23-,24+/m1/s1. The molecule has 2 aromatic heterocycles. The number of hydrogen-bond acceptors (Lipinski definition) is 9. The maximum atomic E-state index is 13.6.